The summed E-state index contributed by atoms with van der Waals surface area (Å²) in [5.41, 5.74) is 0.458. The lowest BCUT2D eigenvalue weighted by atomic mass is 10.2. The number of ether oxygens (including phenoxy) is 1. The van der Waals surface area contributed by atoms with Crippen molar-refractivity contribution in [3.05, 3.63) is 60.2 Å². The number of hydrogen-bond donors (Lipinski definition) is 2. The summed E-state index contributed by atoms with van der Waals surface area (Å²) in [5, 5.41) is 14.6. The number of nitrogens with zero attached hydrogens (tertiary/aromatic N) is 1. The second-order valence-corrected chi connectivity index (χ2v) is 4.28. The number of nitrogens with one attached hydrogen (secondary N) is 2. The van der Waals surface area contributed by atoms with Gasteiger partial charge in [-0.15, -0.1) is 0 Å². The second-order valence-electron chi connectivity index (χ2n) is 4.28. The average molecular weight is 297 g/mol. The molecule has 6 nitrogen and oxygen atoms in total. The predicted octanol–water partition coefficient (Wildman–Crippen LogP) is 2.42. The third-order valence-electron chi connectivity index (χ3n) is 2.82. The summed E-state index contributed by atoms with van der Waals surface area (Å²) in [4.78, 5) is 12.1. The van der Waals surface area contributed by atoms with Crippen molar-refractivity contribution >= 4 is 11.6 Å². The summed E-state index contributed by atoms with van der Waals surface area (Å²) in [6, 6.07) is 12.4. The van der Waals surface area contributed by atoms with E-state index in [9.17, 15) is 4.79 Å². The van der Waals surface area contributed by atoms with Crippen LogP contribution in [0.1, 0.15) is 5.76 Å². The van der Waals surface area contributed by atoms with Crippen LogP contribution in [-0.4, -0.2) is 13.0 Å². The zero-order valence-electron chi connectivity index (χ0n) is 12.0. The summed E-state index contributed by atoms with van der Waals surface area (Å²) >= 11 is 0. The molecule has 0 aliphatic carbocycles. The molecule has 0 fully saturated rings. The minimum Gasteiger partial charge on any atom is -0.495 e. The number of anilines is 1. The SMILES string of the molecule is COc1ccccc1NC(=O)/C(C#N)=C\NCc1ccco1. The Balaban J connectivity index is 2.01. The van der Waals surface area contributed by atoms with Gasteiger partial charge in [0.1, 0.15) is 23.2 Å². The molecule has 2 N–H and O–H groups in total. The average Bonchev–Trinajstić information content (AvgIpc) is 3.05. The number of methoxy groups -OCH3 is 1. The number of carbonyl (C=O) groups is 1. The number of amides is 1. The van der Waals surface area contributed by atoms with Crippen LogP contribution in [0.4, 0.5) is 5.69 Å². The summed E-state index contributed by atoms with van der Waals surface area (Å²) < 4.78 is 10.3. The van der Waals surface area contributed by atoms with Gasteiger partial charge >= 0.3 is 0 Å². The van der Waals surface area contributed by atoms with Crippen molar-refractivity contribution in [3.8, 4) is 11.8 Å². The topological polar surface area (TPSA) is 87.3 Å². The van der Waals surface area contributed by atoms with Crippen LogP contribution in [0.2, 0.25) is 0 Å². The van der Waals surface area contributed by atoms with E-state index in [1.807, 2.05) is 6.07 Å². The van der Waals surface area contributed by atoms with Gasteiger partial charge in [0, 0.05) is 6.20 Å². The Morgan fingerprint density at radius 2 is 2.18 bits per heavy atom. The van der Waals surface area contributed by atoms with E-state index in [-0.39, 0.29) is 5.57 Å². The molecule has 0 unspecified atom stereocenters. The number of carbonyl (C=O) groups excluding carboxylic acids is 1. The van der Waals surface area contributed by atoms with Gasteiger partial charge in [0.2, 0.25) is 0 Å². The molecule has 0 saturated carbocycles. The van der Waals surface area contributed by atoms with Crippen molar-refractivity contribution < 1.29 is 13.9 Å². The molecule has 0 aliphatic rings. The molecule has 112 valence electrons. The van der Waals surface area contributed by atoms with Crippen molar-refractivity contribution in [1.82, 2.24) is 5.32 Å². The highest BCUT2D eigenvalue weighted by atomic mass is 16.5. The molecular formula is C16H15N3O3. The minimum absolute atomic E-state index is 0.0440. The van der Waals surface area contributed by atoms with E-state index >= 15 is 0 Å². The van der Waals surface area contributed by atoms with Gasteiger partial charge in [0.05, 0.1) is 25.6 Å². The van der Waals surface area contributed by atoms with Crippen LogP contribution in [0, 0.1) is 11.3 Å². The van der Waals surface area contributed by atoms with Crippen LogP contribution in [0.5, 0.6) is 5.75 Å². The summed E-state index contributed by atoms with van der Waals surface area (Å²) in [6.07, 6.45) is 2.91. The van der Waals surface area contributed by atoms with E-state index in [1.54, 1.807) is 42.7 Å². The fourth-order valence-electron chi connectivity index (χ4n) is 1.75. The maximum Gasteiger partial charge on any atom is 0.267 e. The lowest BCUT2D eigenvalue weighted by Crippen LogP contribution is -2.17. The molecular weight excluding hydrogens is 282 g/mol. The van der Waals surface area contributed by atoms with Gasteiger partial charge in [-0.2, -0.15) is 5.26 Å². The monoisotopic (exact) mass is 297 g/mol. The van der Waals surface area contributed by atoms with Gasteiger partial charge in [-0.25, -0.2) is 0 Å². The molecule has 1 aromatic carbocycles. The molecule has 1 heterocycles. The normalized spacial score (nSPS) is 10.6. The first kappa shape index (κ1) is 15.2. The first-order valence-electron chi connectivity index (χ1n) is 6.55. The summed E-state index contributed by atoms with van der Waals surface area (Å²) in [7, 11) is 1.51. The first-order valence-corrected chi connectivity index (χ1v) is 6.55. The summed E-state index contributed by atoms with van der Waals surface area (Å²) in [6.45, 7) is 0.389. The maximum atomic E-state index is 12.1. The van der Waals surface area contributed by atoms with E-state index in [1.165, 1.54) is 13.3 Å². The number of para-hydroxylation sites is 2. The number of nitriles is 1. The van der Waals surface area contributed by atoms with Crippen molar-refractivity contribution in [2.75, 3.05) is 12.4 Å². The van der Waals surface area contributed by atoms with Crippen LogP contribution < -0.4 is 15.4 Å². The smallest absolute Gasteiger partial charge is 0.267 e. The lowest BCUT2D eigenvalue weighted by molar-refractivity contribution is -0.112. The van der Waals surface area contributed by atoms with Crippen molar-refractivity contribution in [1.29, 1.82) is 5.26 Å². The first-order chi connectivity index (χ1) is 10.7. The van der Waals surface area contributed by atoms with E-state index in [4.69, 9.17) is 14.4 Å². The third-order valence-corrected chi connectivity index (χ3v) is 2.82. The fraction of sp³-hybridized carbons (Fsp3) is 0.125. The van der Waals surface area contributed by atoms with Gasteiger partial charge in [-0.1, -0.05) is 12.1 Å². The Bertz CT molecular complexity index is 700. The highest BCUT2D eigenvalue weighted by molar-refractivity contribution is 6.07. The molecule has 22 heavy (non-hydrogen) atoms. The highest BCUT2D eigenvalue weighted by Gasteiger charge is 2.11. The third kappa shape index (κ3) is 3.90. The number of furan rings is 1. The Kier molecular flexibility index (Phi) is 5.21. The molecule has 1 aromatic heterocycles. The van der Waals surface area contributed by atoms with Crippen LogP contribution in [0.3, 0.4) is 0 Å². The molecule has 1 amide bonds. The molecule has 2 rings (SSSR count). The maximum absolute atomic E-state index is 12.1. The number of rotatable bonds is 6. The zero-order chi connectivity index (χ0) is 15.8. The Hall–Kier alpha value is -3.20. The van der Waals surface area contributed by atoms with Crippen molar-refractivity contribution in [2.45, 2.75) is 6.54 Å². The van der Waals surface area contributed by atoms with Crippen LogP contribution in [0.25, 0.3) is 0 Å². The van der Waals surface area contributed by atoms with E-state index in [2.05, 4.69) is 10.6 Å². The molecule has 0 bridgehead atoms. The predicted molar refractivity (Wildman–Crippen MR) is 80.9 cm³/mol. The second kappa shape index (κ2) is 7.55. The Labute approximate surface area is 128 Å². The Morgan fingerprint density at radius 1 is 1.36 bits per heavy atom. The standard InChI is InChI=1S/C16H15N3O3/c1-21-15-7-3-2-6-14(15)19-16(20)12(9-17)10-18-11-13-5-4-8-22-13/h2-8,10,18H,11H2,1H3,(H,19,20)/b12-10-. The van der Waals surface area contributed by atoms with Crippen LogP contribution >= 0.6 is 0 Å². The molecule has 0 saturated heterocycles. The minimum atomic E-state index is -0.515. The van der Waals surface area contributed by atoms with Crippen LogP contribution in [0.15, 0.2) is 58.9 Å². The quantitative estimate of drug-likeness (QED) is 0.631. The summed E-state index contributed by atoms with van der Waals surface area (Å²) in [5.74, 6) is 0.717. The lowest BCUT2D eigenvalue weighted by Gasteiger charge is -2.09. The van der Waals surface area contributed by atoms with Crippen molar-refractivity contribution in [2.24, 2.45) is 0 Å². The molecule has 0 aliphatic heterocycles. The van der Waals surface area contributed by atoms with Gasteiger partial charge < -0.3 is 19.8 Å². The largest absolute Gasteiger partial charge is 0.495 e. The van der Waals surface area contributed by atoms with Crippen LogP contribution in [-0.2, 0) is 11.3 Å². The van der Waals surface area contributed by atoms with E-state index in [0.717, 1.165) is 0 Å². The molecule has 0 radical (unpaired) electrons. The number of benzene rings is 1. The Morgan fingerprint density at radius 3 is 2.86 bits per heavy atom. The molecule has 2 aromatic rings. The van der Waals surface area contributed by atoms with Gasteiger partial charge in [-0.3, -0.25) is 4.79 Å². The zero-order valence-corrected chi connectivity index (χ0v) is 12.0. The van der Waals surface area contributed by atoms with Crippen molar-refractivity contribution in [3.63, 3.8) is 0 Å². The van der Waals surface area contributed by atoms with Gasteiger partial charge in [0.15, 0.2) is 0 Å². The van der Waals surface area contributed by atoms with E-state index in [0.29, 0.717) is 23.7 Å². The van der Waals surface area contributed by atoms with Gasteiger partial charge in [-0.05, 0) is 24.3 Å². The van der Waals surface area contributed by atoms with E-state index < -0.39 is 5.91 Å². The fourth-order valence-corrected chi connectivity index (χ4v) is 1.75. The highest BCUT2D eigenvalue weighted by Crippen LogP contribution is 2.23. The molecule has 0 spiro atoms. The van der Waals surface area contributed by atoms with Gasteiger partial charge in [0.25, 0.3) is 5.91 Å². The number of hydrogen-bond acceptors (Lipinski definition) is 5. The molecule has 0 atom stereocenters. The molecule has 6 heteroatoms.